The van der Waals surface area contributed by atoms with E-state index in [9.17, 15) is 24.0 Å². The van der Waals surface area contributed by atoms with E-state index >= 15 is 0 Å². The molecule has 0 saturated heterocycles. The number of nitrogens with one attached hydrogen (secondary N) is 4. The summed E-state index contributed by atoms with van der Waals surface area (Å²) >= 11 is 0. The minimum atomic E-state index is -1.18. The topological polar surface area (TPSA) is 362 Å². The van der Waals surface area contributed by atoms with Crippen molar-refractivity contribution in [2.24, 2.45) is 101 Å². The summed E-state index contributed by atoms with van der Waals surface area (Å²) in [5.74, 6) is 1.15. The molecule has 18 N–H and O–H groups in total. The third-order valence-electron chi connectivity index (χ3n) is 15.7. The third-order valence-corrected chi connectivity index (χ3v) is 15.7. The van der Waals surface area contributed by atoms with E-state index in [1.165, 1.54) is 50.5 Å². The summed E-state index contributed by atoms with van der Waals surface area (Å²) in [5, 5.41) is 10.5. The van der Waals surface area contributed by atoms with E-state index in [0.717, 1.165) is 42.9 Å². The minimum absolute atomic E-state index is 0.0624. The maximum Gasteiger partial charge on any atom is 0.407 e. The molecule has 0 spiro atoms. The van der Waals surface area contributed by atoms with Crippen LogP contribution < -0.4 is 61.4 Å². The second kappa shape index (κ2) is 25.9. The molecule has 0 unspecified atom stereocenters. The van der Waals surface area contributed by atoms with E-state index in [2.05, 4.69) is 76.9 Å². The molecule has 0 bridgehead atoms. The smallest absolute Gasteiger partial charge is 0.407 e. The Balaban J connectivity index is 1.34. The van der Waals surface area contributed by atoms with Crippen LogP contribution in [0.3, 0.4) is 0 Å². The molecule has 20 heteroatoms. The van der Waals surface area contributed by atoms with Crippen LogP contribution in [0.4, 0.5) is 4.79 Å². The van der Waals surface area contributed by atoms with Crippen molar-refractivity contribution in [3.05, 3.63) is 11.6 Å². The molecule has 0 aromatic rings. The summed E-state index contributed by atoms with van der Waals surface area (Å²) in [6.45, 7) is 12.3. The molecule has 68 heavy (non-hydrogen) atoms. The van der Waals surface area contributed by atoms with Gasteiger partial charge < -0.3 is 66.1 Å². The molecule has 0 aromatic heterocycles. The molecular formula is C48H86N14O6. The van der Waals surface area contributed by atoms with Gasteiger partial charge >= 0.3 is 6.09 Å². The van der Waals surface area contributed by atoms with E-state index < -0.39 is 54.4 Å². The van der Waals surface area contributed by atoms with Crippen molar-refractivity contribution < 1.29 is 28.7 Å². The number of hydrogen-bond acceptors (Lipinski definition) is 9. The molecule has 3 fully saturated rings. The Morgan fingerprint density at radius 2 is 1.24 bits per heavy atom. The van der Waals surface area contributed by atoms with Gasteiger partial charge in [-0.2, -0.15) is 0 Å². The number of alkyl carbamates (subject to hydrolysis) is 1. The molecule has 4 aliphatic carbocycles. The van der Waals surface area contributed by atoms with E-state index in [-0.39, 0.29) is 81.1 Å². The van der Waals surface area contributed by atoms with E-state index in [1.807, 2.05) is 0 Å². The Labute approximate surface area is 403 Å². The largest absolute Gasteiger partial charge is 0.446 e. The van der Waals surface area contributed by atoms with Crippen molar-refractivity contribution >= 4 is 47.6 Å². The Hall–Kier alpha value is -5.30. The van der Waals surface area contributed by atoms with Gasteiger partial charge in [0, 0.05) is 26.1 Å². The maximum absolute atomic E-state index is 13.8. The number of amides is 5. The number of primary amides is 1. The summed E-state index contributed by atoms with van der Waals surface area (Å²) < 4.78 is 5.92. The van der Waals surface area contributed by atoms with Crippen LogP contribution in [-0.4, -0.2) is 98.0 Å². The van der Waals surface area contributed by atoms with Crippen molar-refractivity contribution in [2.75, 3.05) is 26.2 Å². The molecule has 0 radical (unpaired) electrons. The standard InChI is InChI=1S/C48H86N14O6/c1-28(2)10-6-11-29(3)33-17-18-34-32-16-15-30-26-31(19-21-47(30,4)35(32)20-22-48(33,34)5)68-46(67)59-27-39(63)60-37(13-8-24-57-44(52)53)41(65)62-38(14-9-25-58-45(54)55)42(66)61-36(40(49)64)12-7-23-56-43(50)51/h15,28-29,31-38H,6-14,16-27H2,1-5H3,(H2,49,64)(H,59,67)(H,60,63)(H,61,66)(H,62,65)(H4,50,51,56)(H4,52,53,57)(H4,54,55,58)/t29-,31+,32+,33-,34+,35+,36+,37+,38+,47+,48-/m1/s1. The van der Waals surface area contributed by atoms with Crippen LogP contribution in [0, 0.1) is 46.3 Å². The fraction of sp³-hybridized carbons (Fsp3) is 0.792. The first kappa shape index (κ1) is 55.3. The first-order chi connectivity index (χ1) is 32.1. The highest BCUT2D eigenvalue weighted by Crippen LogP contribution is 2.67. The van der Waals surface area contributed by atoms with Gasteiger partial charge in [-0.15, -0.1) is 0 Å². The predicted molar refractivity (Wildman–Crippen MR) is 266 cm³/mol. The van der Waals surface area contributed by atoms with Crippen LogP contribution in [0.1, 0.15) is 144 Å². The number of guanidine groups is 3. The Morgan fingerprint density at radius 1 is 0.676 bits per heavy atom. The lowest BCUT2D eigenvalue weighted by molar-refractivity contribution is -0.133. The summed E-state index contributed by atoms with van der Waals surface area (Å²) in [7, 11) is 0. The molecule has 4 aliphatic rings. The lowest BCUT2D eigenvalue weighted by atomic mass is 9.47. The maximum atomic E-state index is 13.8. The Morgan fingerprint density at radius 3 is 1.79 bits per heavy atom. The molecule has 0 heterocycles. The summed E-state index contributed by atoms with van der Waals surface area (Å²) in [4.78, 5) is 78.0. The molecule has 4 rings (SSSR count). The first-order valence-corrected chi connectivity index (χ1v) is 25.1. The summed E-state index contributed by atoms with van der Waals surface area (Å²) in [5.41, 5.74) is 40.2. The fourth-order valence-electron chi connectivity index (χ4n) is 12.2. The zero-order chi connectivity index (χ0) is 50.2. The van der Waals surface area contributed by atoms with Crippen LogP contribution in [0.15, 0.2) is 26.6 Å². The molecule has 384 valence electrons. The van der Waals surface area contributed by atoms with Gasteiger partial charge in [-0.1, -0.05) is 65.5 Å². The number of hydrogen-bond donors (Lipinski definition) is 11. The van der Waals surface area contributed by atoms with Gasteiger partial charge in [0.25, 0.3) is 0 Å². The number of nitrogens with two attached hydrogens (primary N) is 7. The number of allylic oxidation sites excluding steroid dienone is 1. The Kier molecular flexibility index (Phi) is 21.1. The van der Waals surface area contributed by atoms with E-state index in [1.54, 1.807) is 0 Å². The lowest BCUT2D eigenvalue weighted by Crippen LogP contribution is -2.57. The normalized spacial score (nSPS) is 26.7. The molecule has 0 aromatic carbocycles. The average molecular weight is 955 g/mol. The third kappa shape index (κ3) is 15.9. The van der Waals surface area contributed by atoms with Crippen LogP contribution >= 0.6 is 0 Å². The second-order valence-corrected chi connectivity index (χ2v) is 20.9. The number of carbonyl (C=O) groups is 5. The number of nitrogens with zero attached hydrogens (tertiary/aromatic N) is 3. The van der Waals surface area contributed by atoms with Gasteiger partial charge in [0.2, 0.25) is 23.6 Å². The fourth-order valence-corrected chi connectivity index (χ4v) is 12.2. The highest BCUT2D eigenvalue weighted by molar-refractivity contribution is 5.94. The SMILES string of the molecule is CC(C)CCC[C@@H](C)[C@H]1CC[C@H]2[C@@H]3CC=C4C[C@@H](OC(=O)NCC(=O)N[C@@H](CCCN=C(N)N)C(=O)N[C@@H](CCCN=C(N)N)C(=O)N[C@@H](CCCN=C(N)N)C(N)=O)CC[C@]4(C)[C@H]3CC[C@]12C. The number of rotatable bonds is 26. The molecule has 11 atom stereocenters. The van der Waals surface area contributed by atoms with Crippen molar-refractivity contribution in [2.45, 2.75) is 168 Å². The molecule has 20 nitrogen and oxygen atoms in total. The van der Waals surface area contributed by atoms with Crippen molar-refractivity contribution in [1.82, 2.24) is 21.3 Å². The number of aliphatic imine (C=N–C) groups is 3. The summed E-state index contributed by atoms with van der Waals surface area (Å²) in [6.07, 6.45) is 15.2. The predicted octanol–water partition coefficient (Wildman–Crippen LogP) is 2.22. The number of carbonyl (C=O) groups excluding carboxylic acids is 5. The number of ether oxygens (including phenoxy) is 1. The van der Waals surface area contributed by atoms with Crippen LogP contribution in [0.25, 0.3) is 0 Å². The van der Waals surface area contributed by atoms with Gasteiger partial charge in [-0.05, 0) is 130 Å². The zero-order valence-electron chi connectivity index (χ0n) is 41.5. The molecule has 3 saturated carbocycles. The zero-order valence-corrected chi connectivity index (χ0v) is 41.5. The van der Waals surface area contributed by atoms with Gasteiger partial charge in [0.15, 0.2) is 17.9 Å². The van der Waals surface area contributed by atoms with Gasteiger partial charge in [0.05, 0.1) is 0 Å². The highest BCUT2D eigenvalue weighted by Gasteiger charge is 2.59. The van der Waals surface area contributed by atoms with Gasteiger partial charge in [-0.25, -0.2) is 4.79 Å². The van der Waals surface area contributed by atoms with Crippen molar-refractivity contribution in [1.29, 1.82) is 0 Å². The lowest BCUT2D eigenvalue weighted by Gasteiger charge is -2.58. The minimum Gasteiger partial charge on any atom is -0.446 e. The summed E-state index contributed by atoms with van der Waals surface area (Å²) in [6, 6.07) is -3.44. The van der Waals surface area contributed by atoms with E-state index in [0.29, 0.717) is 30.1 Å². The van der Waals surface area contributed by atoms with Crippen molar-refractivity contribution in [3.8, 4) is 0 Å². The van der Waals surface area contributed by atoms with Crippen LogP contribution in [0.5, 0.6) is 0 Å². The monoisotopic (exact) mass is 955 g/mol. The average Bonchev–Trinajstić information content (AvgIpc) is 3.62. The van der Waals surface area contributed by atoms with Gasteiger partial charge in [0.1, 0.15) is 30.8 Å². The van der Waals surface area contributed by atoms with E-state index in [4.69, 9.17) is 44.9 Å². The Bertz CT molecular complexity index is 1840. The number of fused-ring (bicyclic) bond motifs is 5. The van der Waals surface area contributed by atoms with Crippen LogP contribution in [-0.2, 0) is 23.9 Å². The second-order valence-electron chi connectivity index (χ2n) is 20.9. The van der Waals surface area contributed by atoms with Gasteiger partial charge in [-0.3, -0.25) is 34.2 Å². The van der Waals surface area contributed by atoms with Crippen molar-refractivity contribution in [3.63, 3.8) is 0 Å². The molecule has 5 amide bonds. The molecular weight excluding hydrogens is 869 g/mol. The van der Waals surface area contributed by atoms with Crippen LogP contribution in [0.2, 0.25) is 0 Å². The first-order valence-electron chi connectivity index (χ1n) is 25.1. The molecule has 0 aliphatic heterocycles. The highest BCUT2D eigenvalue weighted by atomic mass is 16.6. The quantitative estimate of drug-likeness (QED) is 0.0257.